The molecule has 1 amide bonds. The van der Waals surface area contributed by atoms with Crippen LogP contribution in [0.2, 0.25) is 5.02 Å². The fourth-order valence-electron chi connectivity index (χ4n) is 2.65. The Labute approximate surface area is 157 Å². The molecule has 0 radical (unpaired) electrons. The largest absolute Gasteiger partial charge is 0.495 e. The van der Waals surface area contributed by atoms with Gasteiger partial charge in [0.15, 0.2) is 0 Å². The van der Waals surface area contributed by atoms with Gasteiger partial charge in [-0.2, -0.15) is 0 Å². The third-order valence-electron chi connectivity index (χ3n) is 3.89. The third kappa shape index (κ3) is 4.35. The molecule has 3 aromatic carbocycles. The molecule has 5 heteroatoms. The second-order valence-corrected chi connectivity index (χ2v) is 6.09. The number of para-hydroxylation sites is 1. The van der Waals surface area contributed by atoms with Crippen molar-refractivity contribution in [1.82, 2.24) is 0 Å². The van der Waals surface area contributed by atoms with Gasteiger partial charge >= 0.3 is 0 Å². The molecular formula is C21H19ClN2O2. The Morgan fingerprint density at radius 1 is 0.962 bits per heavy atom. The summed E-state index contributed by atoms with van der Waals surface area (Å²) in [4.78, 5) is 12.4. The Hall–Kier alpha value is -2.98. The minimum absolute atomic E-state index is 0.0970. The number of halogens is 1. The van der Waals surface area contributed by atoms with E-state index in [0.717, 1.165) is 16.8 Å². The van der Waals surface area contributed by atoms with Gasteiger partial charge in [-0.05, 0) is 29.8 Å². The lowest BCUT2D eigenvalue weighted by molar-refractivity contribution is -0.114. The lowest BCUT2D eigenvalue weighted by atomic mass is 10.0. The molecule has 0 fully saturated rings. The van der Waals surface area contributed by atoms with Gasteiger partial charge in [0.2, 0.25) is 5.91 Å². The SMILES string of the molecule is COc1ccc(Cl)cc1NCC(=O)Nc1ccccc1-c1ccccc1. The smallest absolute Gasteiger partial charge is 0.243 e. The van der Waals surface area contributed by atoms with Crippen LogP contribution in [0.5, 0.6) is 5.75 Å². The van der Waals surface area contributed by atoms with Crippen LogP contribution >= 0.6 is 11.6 Å². The van der Waals surface area contributed by atoms with Crippen molar-refractivity contribution in [3.63, 3.8) is 0 Å². The van der Waals surface area contributed by atoms with Crippen LogP contribution in [0.4, 0.5) is 11.4 Å². The maximum atomic E-state index is 12.4. The topological polar surface area (TPSA) is 50.4 Å². The maximum absolute atomic E-state index is 12.4. The van der Waals surface area contributed by atoms with Crippen LogP contribution in [0.25, 0.3) is 11.1 Å². The van der Waals surface area contributed by atoms with E-state index in [1.165, 1.54) is 0 Å². The zero-order valence-electron chi connectivity index (χ0n) is 14.3. The highest BCUT2D eigenvalue weighted by molar-refractivity contribution is 6.31. The van der Waals surface area contributed by atoms with Gasteiger partial charge in [0.1, 0.15) is 5.75 Å². The third-order valence-corrected chi connectivity index (χ3v) is 4.12. The van der Waals surface area contributed by atoms with E-state index in [1.54, 1.807) is 25.3 Å². The van der Waals surface area contributed by atoms with Crippen LogP contribution in [0.15, 0.2) is 72.8 Å². The monoisotopic (exact) mass is 366 g/mol. The van der Waals surface area contributed by atoms with E-state index in [-0.39, 0.29) is 12.5 Å². The lowest BCUT2D eigenvalue weighted by Crippen LogP contribution is -2.22. The van der Waals surface area contributed by atoms with Crippen molar-refractivity contribution in [1.29, 1.82) is 0 Å². The van der Waals surface area contributed by atoms with Gasteiger partial charge in [0.05, 0.1) is 19.3 Å². The molecule has 0 unspecified atom stereocenters. The van der Waals surface area contributed by atoms with Gasteiger partial charge in [0.25, 0.3) is 0 Å². The molecule has 0 saturated heterocycles. The molecule has 0 saturated carbocycles. The number of ether oxygens (including phenoxy) is 1. The molecule has 0 aliphatic rings. The Morgan fingerprint density at radius 2 is 1.69 bits per heavy atom. The summed E-state index contributed by atoms with van der Waals surface area (Å²) in [7, 11) is 1.57. The Morgan fingerprint density at radius 3 is 2.46 bits per heavy atom. The van der Waals surface area contributed by atoms with Crippen molar-refractivity contribution >= 4 is 28.9 Å². The van der Waals surface area contributed by atoms with Gasteiger partial charge in [-0.1, -0.05) is 60.1 Å². The summed E-state index contributed by atoms with van der Waals surface area (Å²) < 4.78 is 5.27. The minimum Gasteiger partial charge on any atom is -0.495 e. The Balaban J connectivity index is 1.71. The van der Waals surface area contributed by atoms with E-state index < -0.39 is 0 Å². The van der Waals surface area contributed by atoms with E-state index in [4.69, 9.17) is 16.3 Å². The van der Waals surface area contributed by atoms with Crippen LogP contribution < -0.4 is 15.4 Å². The first-order valence-corrected chi connectivity index (χ1v) is 8.57. The number of benzene rings is 3. The average molecular weight is 367 g/mol. The van der Waals surface area contributed by atoms with Crippen LogP contribution in [-0.4, -0.2) is 19.6 Å². The molecule has 0 aromatic heterocycles. The molecule has 132 valence electrons. The average Bonchev–Trinajstić information content (AvgIpc) is 2.67. The van der Waals surface area contributed by atoms with E-state index >= 15 is 0 Å². The van der Waals surface area contributed by atoms with Crippen LogP contribution in [0, 0.1) is 0 Å². The number of nitrogens with one attached hydrogen (secondary N) is 2. The molecular weight excluding hydrogens is 348 g/mol. The van der Waals surface area contributed by atoms with Crippen molar-refractivity contribution in [2.24, 2.45) is 0 Å². The highest BCUT2D eigenvalue weighted by Gasteiger charge is 2.10. The summed E-state index contributed by atoms with van der Waals surface area (Å²) in [6.45, 7) is 0.0970. The molecule has 3 aromatic rings. The predicted molar refractivity (Wildman–Crippen MR) is 107 cm³/mol. The summed E-state index contributed by atoms with van der Waals surface area (Å²) in [5, 5.41) is 6.59. The normalized spacial score (nSPS) is 10.2. The Bertz CT molecular complexity index is 898. The van der Waals surface area contributed by atoms with Crippen molar-refractivity contribution in [2.75, 3.05) is 24.3 Å². The first kappa shape index (κ1) is 17.8. The van der Waals surface area contributed by atoms with Crippen LogP contribution in [0.1, 0.15) is 0 Å². The molecule has 0 spiro atoms. The summed E-state index contributed by atoms with van der Waals surface area (Å²) >= 11 is 6.01. The van der Waals surface area contributed by atoms with Gasteiger partial charge in [-0.25, -0.2) is 0 Å². The molecule has 0 aliphatic heterocycles. The zero-order chi connectivity index (χ0) is 18.4. The van der Waals surface area contributed by atoms with E-state index in [9.17, 15) is 4.79 Å². The standard InChI is InChI=1S/C21H19ClN2O2/c1-26-20-12-11-16(22)13-19(20)23-14-21(25)24-18-10-6-5-9-17(18)15-7-3-2-4-8-15/h2-13,23H,14H2,1H3,(H,24,25). The quantitative estimate of drug-likeness (QED) is 0.640. The first-order chi connectivity index (χ1) is 12.7. The van der Waals surface area contributed by atoms with Crippen LogP contribution in [0.3, 0.4) is 0 Å². The van der Waals surface area contributed by atoms with Crippen molar-refractivity contribution in [3.05, 3.63) is 77.8 Å². The number of amides is 1. The maximum Gasteiger partial charge on any atom is 0.243 e. The van der Waals surface area contributed by atoms with Gasteiger partial charge in [-0.3, -0.25) is 4.79 Å². The number of hydrogen-bond donors (Lipinski definition) is 2. The van der Waals surface area contributed by atoms with Crippen molar-refractivity contribution in [3.8, 4) is 16.9 Å². The second-order valence-electron chi connectivity index (χ2n) is 5.66. The zero-order valence-corrected chi connectivity index (χ0v) is 15.1. The van der Waals surface area contributed by atoms with E-state index in [1.807, 2.05) is 54.6 Å². The lowest BCUT2D eigenvalue weighted by Gasteiger charge is -2.14. The fourth-order valence-corrected chi connectivity index (χ4v) is 2.82. The van der Waals surface area contributed by atoms with Gasteiger partial charge < -0.3 is 15.4 Å². The van der Waals surface area contributed by atoms with Gasteiger partial charge in [-0.15, -0.1) is 0 Å². The minimum atomic E-state index is -0.157. The summed E-state index contributed by atoms with van der Waals surface area (Å²) in [6.07, 6.45) is 0. The molecule has 2 N–H and O–H groups in total. The molecule has 0 aliphatic carbocycles. The number of hydrogen-bond acceptors (Lipinski definition) is 3. The van der Waals surface area contributed by atoms with E-state index in [0.29, 0.717) is 16.5 Å². The second kappa shape index (κ2) is 8.41. The van der Waals surface area contributed by atoms with Crippen LogP contribution in [-0.2, 0) is 4.79 Å². The molecule has 4 nitrogen and oxygen atoms in total. The fraction of sp³-hybridized carbons (Fsp3) is 0.0952. The molecule has 26 heavy (non-hydrogen) atoms. The summed E-state index contributed by atoms with van der Waals surface area (Å²) in [5.41, 5.74) is 3.46. The van der Waals surface area contributed by atoms with Crippen molar-refractivity contribution in [2.45, 2.75) is 0 Å². The number of rotatable bonds is 6. The number of carbonyl (C=O) groups excluding carboxylic acids is 1. The highest BCUT2D eigenvalue weighted by atomic mass is 35.5. The van der Waals surface area contributed by atoms with Crippen molar-refractivity contribution < 1.29 is 9.53 Å². The van der Waals surface area contributed by atoms with E-state index in [2.05, 4.69) is 10.6 Å². The predicted octanol–water partition coefficient (Wildman–Crippen LogP) is 5.07. The molecule has 0 atom stereocenters. The molecule has 0 bridgehead atoms. The summed E-state index contributed by atoms with van der Waals surface area (Å²) in [5.74, 6) is 0.474. The number of carbonyl (C=O) groups is 1. The highest BCUT2D eigenvalue weighted by Crippen LogP contribution is 2.29. The Kier molecular flexibility index (Phi) is 5.77. The first-order valence-electron chi connectivity index (χ1n) is 8.19. The van der Waals surface area contributed by atoms with Gasteiger partial charge in [0, 0.05) is 16.3 Å². The molecule has 0 heterocycles. The molecule has 3 rings (SSSR count). The number of anilines is 2. The number of methoxy groups -OCH3 is 1. The summed E-state index contributed by atoms with van der Waals surface area (Å²) in [6, 6.07) is 22.9.